The highest BCUT2D eigenvalue weighted by atomic mass is 31.2. The lowest BCUT2D eigenvalue weighted by atomic mass is 9.90. The first kappa shape index (κ1) is 51.4. The van der Waals surface area contributed by atoms with E-state index in [4.69, 9.17) is 13.8 Å². The van der Waals surface area contributed by atoms with E-state index in [9.17, 15) is 24.2 Å². The third-order valence-electron chi connectivity index (χ3n) is 10.1. The molecule has 11 heteroatoms. The molecule has 1 aliphatic carbocycles. The maximum Gasteiger partial charge on any atom is 0.472 e. The summed E-state index contributed by atoms with van der Waals surface area (Å²) in [4.78, 5) is 35.6. The molecule has 0 fully saturated rings. The quantitative estimate of drug-likeness (QED) is 0.0245. The van der Waals surface area contributed by atoms with Crippen molar-refractivity contribution in [3.8, 4) is 0 Å². The number of ketones is 1. The molecule has 0 aromatic carbocycles. The van der Waals surface area contributed by atoms with E-state index in [1.807, 2.05) is 51.5 Å². The zero-order valence-corrected chi connectivity index (χ0v) is 36.5. The molecule has 1 amide bonds. The number of hydrogen-bond donors (Lipinski definition) is 3. The second-order valence-electron chi connectivity index (χ2n) is 16.5. The van der Waals surface area contributed by atoms with Crippen molar-refractivity contribution in [1.82, 2.24) is 5.32 Å². The maximum absolute atomic E-state index is 12.9. The molecule has 0 aromatic heterocycles. The van der Waals surface area contributed by atoms with Crippen LogP contribution >= 0.6 is 7.82 Å². The molecule has 0 saturated carbocycles. The van der Waals surface area contributed by atoms with Crippen molar-refractivity contribution in [2.45, 2.75) is 167 Å². The summed E-state index contributed by atoms with van der Waals surface area (Å²) in [6.07, 6.45) is 35.0. The Hall–Kier alpha value is -1.65. The lowest BCUT2D eigenvalue weighted by Crippen LogP contribution is -2.41. The Morgan fingerprint density at radius 2 is 1.44 bits per heavy atom. The minimum atomic E-state index is -4.29. The van der Waals surface area contributed by atoms with E-state index in [1.165, 1.54) is 77.0 Å². The molecule has 0 bridgehead atoms. The van der Waals surface area contributed by atoms with Crippen molar-refractivity contribution >= 4 is 19.5 Å². The number of nitrogens with one attached hydrogen (secondary N) is 1. The number of quaternary nitrogens is 1. The Bertz CT molecular complexity index is 1120. The third-order valence-corrected chi connectivity index (χ3v) is 11.1. The number of likely N-dealkylation sites (N-methyl/N-ethyl adjacent to an activating group) is 1. The second kappa shape index (κ2) is 32.3. The molecular weight excluding hydrogens is 715 g/mol. The van der Waals surface area contributed by atoms with Gasteiger partial charge in [0.1, 0.15) is 13.2 Å². The molecular formula is C44H82N2O8P+. The predicted octanol–water partition coefficient (Wildman–Crippen LogP) is 9.79. The van der Waals surface area contributed by atoms with Gasteiger partial charge < -0.3 is 24.5 Å². The molecule has 0 heterocycles. The van der Waals surface area contributed by atoms with Crippen molar-refractivity contribution in [3.05, 3.63) is 36.5 Å². The summed E-state index contributed by atoms with van der Waals surface area (Å²) >= 11 is 0. The van der Waals surface area contributed by atoms with Crippen molar-refractivity contribution in [1.29, 1.82) is 0 Å². The molecule has 0 aliphatic heterocycles. The normalized spacial score (nSPS) is 18.4. The van der Waals surface area contributed by atoms with E-state index >= 15 is 0 Å². The fourth-order valence-corrected chi connectivity index (χ4v) is 7.28. The van der Waals surface area contributed by atoms with Gasteiger partial charge in [0.15, 0.2) is 5.78 Å². The monoisotopic (exact) mass is 798 g/mol. The molecule has 10 nitrogen and oxygen atoms in total. The Morgan fingerprint density at radius 1 is 0.836 bits per heavy atom. The number of carbonyl (C=O) groups excluding carboxylic acids is 2. The average Bonchev–Trinajstić information content (AvgIpc) is 3.48. The first-order valence-electron chi connectivity index (χ1n) is 21.9. The van der Waals surface area contributed by atoms with Crippen LogP contribution in [-0.2, 0) is 27.9 Å². The van der Waals surface area contributed by atoms with E-state index in [0.29, 0.717) is 36.9 Å². The van der Waals surface area contributed by atoms with Crippen LogP contribution in [0.2, 0.25) is 0 Å². The lowest BCUT2D eigenvalue weighted by Gasteiger charge is -2.24. The van der Waals surface area contributed by atoms with E-state index in [-0.39, 0.29) is 49.8 Å². The Kier molecular flexibility index (Phi) is 30.2. The van der Waals surface area contributed by atoms with Crippen LogP contribution in [0.15, 0.2) is 36.5 Å². The molecule has 0 saturated heterocycles. The number of rotatable bonds is 37. The number of amides is 1. The summed E-state index contributed by atoms with van der Waals surface area (Å²) < 4.78 is 29.5. The SMILES string of the molecule is CCCCCCCCCCCCCCCCOCC(COP(=O)(O)OCC[N+](C)(C)C)NC(=O)CCC/C=C\C[C@@H]1C(=O)C=C[C@@H]1/C=C/[C@@H](O)CCCCC. The Balaban J connectivity index is 2.43. The number of unbranched alkanes of at least 4 members (excludes halogenated alkanes) is 16. The topological polar surface area (TPSA) is 131 Å². The fraction of sp³-hybridized carbons (Fsp3) is 0.818. The number of nitrogens with zero attached hydrogens (tertiary/aromatic N) is 1. The standard InChI is InChI=1S/C44H81N2O8P/c1-6-8-10-11-12-13-14-15-16-17-18-19-22-26-35-52-37-40(38-54-55(50,51)53-36-34-46(3,4)5)45-44(49)29-25-21-20-24-28-42-39(31-33-43(42)48)30-32-41(47)27-23-9-7-2/h20,24,30-33,39-42,47H,6-19,21-23,25-29,34-38H2,1-5H3,(H-,45,49,50,51)/p+1/b24-20-,32-30+/t39-,40?,41-,42-/m0/s1. The van der Waals surface area contributed by atoms with Gasteiger partial charge in [-0.05, 0) is 38.2 Å². The molecule has 3 N–H and O–H groups in total. The van der Waals surface area contributed by atoms with Crippen LogP contribution in [0.5, 0.6) is 0 Å². The molecule has 1 aliphatic rings. The number of aliphatic hydroxyl groups excluding tert-OH is 1. The first-order valence-corrected chi connectivity index (χ1v) is 23.4. The van der Waals surface area contributed by atoms with Gasteiger partial charge in [-0.3, -0.25) is 18.6 Å². The molecule has 0 spiro atoms. The fourth-order valence-electron chi connectivity index (χ4n) is 6.53. The van der Waals surface area contributed by atoms with Crippen molar-refractivity contribution < 1.29 is 42.4 Å². The minimum absolute atomic E-state index is 0.0169. The van der Waals surface area contributed by atoms with Crippen molar-refractivity contribution in [2.24, 2.45) is 11.8 Å². The van der Waals surface area contributed by atoms with Crippen molar-refractivity contribution in [2.75, 3.05) is 54.1 Å². The van der Waals surface area contributed by atoms with Crippen LogP contribution in [0.3, 0.4) is 0 Å². The summed E-state index contributed by atoms with van der Waals surface area (Å²) in [5.41, 5.74) is 0. The Labute approximate surface area is 336 Å². The lowest BCUT2D eigenvalue weighted by molar-refractivity contribution is -0.870. The average molecular weight is 798 g/mol. The first-order chi connectivity index (χ1) is 26.4. The molecule has 1 rings (SSSR count). The number of hydrogen-bond acceptors (Lipinski definition) is 7. The number of carbonyl (C=O) groups is 2. The van der Waals surface area contributed by atoms with Crippen molar-refractivity contribution in [3.63, 3.8) is 0 Å². The number of allylic oxidation sites excluding steroid dienone is 5. The molecule has 320 valence electrons. The van der Waals surface area contributed by atoms with Crippen LogP contribution in [0.25, 0.3) is 0 Å². The largest absolute Gasteiger partial charge is 0.472 e. The van der Waals surface area contributed by atoms with E-state index < -0.39 is 20.0 Å². The summed E-state index contributed by atoms with van der Waals surface area (Å²) in [5.74, 6) is -0.261. The van der Waals surface area contributed by atoms with Gasteiger partial charge in [-0.15, -0.1) is 0 Å². The van der Waals surface area contributed by atoms with Crippen LogP contribution in [0.4, 0.5) is 0 Å². The maximum atomic E-state index is 12.9. The molecule has 0 radical (unpaired) electrons. The van der Waals surface area contributed by atoms with E-state index in [1.54, 1.807) is 6.08 Å². The Morgan fingerprint density at radius 3 is 2.05 bits per heavy atom. The van der Waals surface area contributed by atoms with E-state index in [2.05, 4.69) is 19.2 Å². The van der Waals surface area contributed by atoms with Gasteiger partial charge in [0.25, 0.3) is 0 Å². The number of phosphoric ester groups is 1. The summed E-state index contributed by atoms with van der Waals surface area (Å²) in [6, 6.07) is -0.590. The van der Waals surface area contributed by atoms with Gasteiger partial charge in [0, 0.05) is 24.9 Å². The van der Waals surface area contributed by atoms with Gasteiger partial charge in [0.05, 0.1) is 46.5 Å². The smallest absolute Gasteiger partial charge is 0.389 e. The molecule has 2 unspecified atom stereocenters. The summed E-state index contributed by atoms with van der Waals surface area (Å²) in [5, 5.41) is 13.2. The molecule has 5 atom stereocenters. The van der Waals surface area contributed by atoms with Crippen LogP contribution in [0.1, 0.15) is 155 Å². The number of aliphatic hydroxyl groups is 1. The summed E-state index contributed by atoms with van der Waals surface area (Å²) in [7, 11) is 1.61. The van der Waals surface area contributed by atoms with Gasteiger partial charge in [0.2, 0.25) is 5.91 Å². The van der Waals surface area contributed by atoms with E-state index in [0.717, 1.165) is 38.5 Å². The predicted molar refractivity (Wildman–Crippen MR) is 226 cm³/mol. The zero-order chi connectivity index (χ0) is 40.6. The minimum Gasteiger partial charge on any atom is -0.389 e. The van der Waals surface area contributed by atoms with Crippen LogP contribution in [0, 0.1) is 11.8 Å². The highest BCUT2D eigenvalue weighted by Crippen LogP contribution is 2.43. The van der Waals surface area contributed by atoms with Crippen LogP contribution in [-0.4, -0.2) is 92.4 Å². The number of ether oxygens (including phenoxy) is 1. The molecule has 55 heavy (non-hydrogen) atoms. The molecule has 0 aromatic rings. The third kappa shape index (κ3) is 30.1. The van der Waals surface area contributed by atoms with Gasteiger partial charge in [-0.2, -0.15) is 0 Å². The zero-order valence-electron chi connectivity index (χ0n) is 35.6. The highest BCUT2D eigenvalue weighted by Gasteiger charge is 2.27. The van der Waals surface area contributed by atoms with Gasteiger partial charge >= 0.3 is 7.82 Å². The van der Waals surface area contributed by atoms with Crippen LogP contribution < -0.4 is 5.32 Å². The highest BCUT2D eigenvalue weighted by molar-refractivity contribution is 7.47. The second-order valence-corrected chi connectivity index (χ2v) is 18.0. The van der Waals surface area contributed by atoms with Gasteiger partial charge in [-0.25, -0.2) is 4.57 Å². The number of phosphoric acid groups is 1. The summed E-state index contributed by atoms with van der Waals surface area (Å²) in [6.45, 7) is 5.55. The van der Waals surface area contributed by atoms with Gasteiger partial charge in [-0.1, -0.05) is 147 Å².